The summed E-state index contributed by atoms with van der Waals surface area (Å²) in [6, 6.07) is 5.07. The van der Waals surface area contributed by atoms with Crippen LogP contribution in [0.4, 0.5) is 17.6 Å². The first kappa shape index (κ1) is 22.1. The summed E-state index contributed by atoms with van der Waals surface area (Å²) in [7, 11) is 0. The van der Waals surface area contributed by atoms with E-state index in [1.54, 1.807) is 6.07 Å². The standard InChI is InChI=1S/C27H30F4/c1-2-3-4-5-17-6-8-18(9-7-17)19-10-12-22-20(14-19)11-13-23(26(22)30)21-15-24(28)27(31)25(29)16-21/h11,13-18H,2-10,12H2,1H3. The molecule has 4 rings (SSSR count). The Hall–Kier alpha value is -2.10. The Morgan fingerprint density at radius 3 is 2.23 bits per heavy atom. The monoisotopic (exact) mass is 430 g/mol. The highest BCUT2D eigenvalue weighted by Gasteiger charge is 2.26. The van der Waals surface area contributed by atoms with E-state index in [1.165, 1.54) is 56.9 Å². The Morgan fingerprint density at radius 2 is 1.55 bits per heavy atom. The van der Waals surface area contributed by atoms with Crippen molar-refractivity contribution in [2.75, 3.05) is 0 Å². The normalized spacial score (nSPS) is 21.0. The van der Waals surface area contributed by atoms with Gasteiger partial charge in [0, 0.05) is 5.56 Å². The fraction of sp³-hybridized carbons (Fsp3) is 0.481. The maximum absolute atomic E-state index is 15.2. The zero-order valence-electron chi connectivity index (χ0n) is 18.1. The van der Waals surface area contributed by atoms with E-state index in [0.717, 1.165) is 30.0 Å². The molecule has 0 amide bonds. The van der Waals surface area contributed by atoms with Crippen molar-refractivity contribution >= 4 is 6.08 Å². The van der Waals surface area contributed by atoms with Gasteiger partial charge in [-0.1, -0.05) is 56.4 Å². The van der Waals surface area contributed by atoms with Crippen molar-refractivity contribution in [2.24, 2.45) is 11.8 Å². The largest absolute Gasteiger partial charge is 0.206 e. The zero-order valence-corrected chi connectivity index (χ0v) is 18.1. The first-order valence-electron chi connectivity index (χ1n) is 11.6. The highest BCUT2D eigenvalue weighted by molar-refractivity contribution is 5.70. The van der Waals surface area contributed by atoms with Gasteiger partial charge in [0.1, 0.15) is 5.82 Å². The molecular weight excluding hydrogens is 400 g/mol. The molecule has 4 heteroatoms. The van der Waals surface area contributed by atoms with Crippen LogP contribution in [0, 0.1) is 35.1 Å². The molecule has 166 valence electrons. The van der Waals surface area contributed by atoms with Gasteiger partial charge in [-0.05, 0) is 79.2 Å². The molecule has 2 aliphatic carbocycles. The number of halogens is 4. The van der Waals surface area contributed by atoms with Gasteiger partial charge in [0.05, 0.1) is 0 Å². The summed E-state index contributed by atoms with van der Waals surface area (Å²) in [4.78, 5) is 0. The number of benzene rings is 2. The smallest absolute Gasteiger partial charge is 0.194 e. The number of rotatable bonds is 6. The molecule has 0 saturated heterocycles. The fourth-order valence-corrected chi connectivity index (χ4v) is 5.33. The molecule has 0 N–H and O–H groups in total. The Labute approximate surface area is 182 Å². The highest BCUT2D eigenvalue weighted by atomic mass is 19.2. The van der Waals surface area contributed by atoms with E-state index >= 15 is 4.39 Å². The van der Waals surface area contributed by atoms with Gasteiger partial charge in [-0.3, -0.25) is 0 Å². The van der Waals surface area contributed by atoms with Gasteiger partial charge in [-0.25, -0.2) is 17.6 Å². The fourth-order valence-electron chi connectivity index (χ4n) is 5.33. The molecule has 0 nitrogen and oxygen atoms in total. The van der Waals surface area contributed by atoms with Gasteiger partial charge >= 0.3 is 0 Å². The van der Waals surface area contributed by atoms with Crippen LogP contribution in [0.5, 0.6) is 0 Å². The maximum atomic E-state index is 15.2. The summed E-state index contributed by atoms with van der Waals surface area (Å²) in [5, 5.41) is 0. The van der Waals surface area contributed by atoms with Crippen molar-refractivity contribution in [3.8, 4) is 11.1 Å². The summed E-state index contributed by atoms with van der Waals surface area (Å²) < 4.78 is 55.7. The number of fused-ring (bicyclic) bond motifs is 1. The molecule has 0 atom stereocenters. The summed E-state index contributed by atoms with van der Waals surface area (Å²) >= 11 is 0. The van der Waals surface area contributed by atoms with E-state index in [2.05, 4.69) is 13.0 Å². The van der Waals surface area contributed by atoms with Gasteiger partial charge in [0.2, 0.25) is 0 Å². The topological polar surface area (TPSA) is 0 Å². The van der Waals surface area contributed by atoms with E-state index in [9.17, 15) is 13.2 Å². The lowest BCUT2D eigenvalue weighted by atomic mass is 9.74. The predicted octanol–water partition coefficient (Wildman–Crippen LogP) is 8.63. The van der Waals surface area contributed by atoms with Gasteiger partial charge in [-0.15, -0.1) is 0 Å². The average molecular weight is 431 g/mol. The molecule has 0 bridgehead atoms. The van der Waals surface area contributed by atoms with Crippen molar-refractivity contribution in [1.82, 2.24) is 0 Å². The van der Waals surface area contributed by atoms with Crippen LogP contribution in [-0.2, 0) is 6.42 Å². The molecule has 2 aromatic carbocycles. The minimum atomic E-state index is -1.53. The summed E-state index contributed by atoms with van der Waals surface area (Å²) in [6.45, 7) is 2.24. The molecule has 1 saturated carbocycles. The van der Waals surface area contributed by atoms with Crippen molar-refractivity contribution in [1.29, 1.82) is 0 Å². The van der Waals surface area contributed by atoms with E-state index in [4.69, 9.17) is 0 Å². The van der Waals surface area contributed by atoms with Crippen molar-refractivity contribution < 1.29 is 17.6 Å². The van der Waals surface area contributed by atoms with Crippen LogP contribution < -0.4 is 0 Å². The SMILES string of the molecule is CCCCCC1CCC(C2=Cc3ccc(-c4cc(F)c(F)c(F)c4)c(F)c3CC2)CC1. The van der Waals surface area contributed by atoms with E-state index in [-0.39, 0.29) is 11.1 Å². The second-order valence-electron chi connectivity index (χ2n) is 9.18. The first-order valence-corrected chi connectivity index (χ1v) is 11.6. The molecule has 2 aromatic rings. The second-order valence-corrected chi connectivity index (χ2v) is 9.18. The third-order valence-electron chi connectivity index (χ3n) is 7.17. The van der Waals surface area contributed by atoms with Crippen molar-refractivity contribution in [2.45, 2.75) is 71.1 Å². The summed E-state index contributed by atoms with van der Waals surface area (Å²) in [6.07, 6.45) is 13.8. The Morgan fingerprint density at radius 1 is 0.839 bits per heavy atom. The zero-order chi connectivity index (χ0) is 22.0. The molecule has 1 fully saturated rings. The molecule has 31 heavy (non-hydrogen) atoms. The quantitative estimate of drug-likeness (QED) is 0.244. The Bertz CT molecular complexity index is 944. The lowest BCUT2D eigenvalue weighted by molar-refractivity contribution is 0.279. The number of allylic oxidation sites excluding steroid dienone is 1. The maximum Gasteiger partial charge on any atom is 0.194 e. The molecule has 0 unspecified atom stereocenters. The third kappa shape index (κ3) is 4.73. The summed E-state index contributed by atoms with van der Waals surface area (Å²) in [5.74, 6) is -3.17. The van der Waals surface area contributed by atoms with Crippen LogP contribution in [0.3, 0.4) is 0 Å². The Balaban J connectivity index is 1.50. The van der Waals surface area contributed by atoms with Crippen molar-refractivity contribution in [3.63, 3.8) is 0 Å². The van der Waals surface area contributed by atoms with Gasteiger partial charge in [-0.2, -0.15) is 0 Å². The number of unbranched alkanes of at least 4 members (excludes halogenated alkanes) is 2. The van der Waals surface area contributed by atoms with Crippen LogP contribution >= 0.6 is 0 Å². The highest BCUT2D eigenvalue weighted by Crippen LogP contribution is 2.41. The molecule has 0 aromatic heterocycles. The average Bonchev–Trinajstić information content (AvgIpc) is 2.78. The third-order valence-corrected chi connectivity index (χ3v) is 7.17. The van der Waals surface area contributed by atoms with Crippen LogP contribution in [0.2, 0.25) is 0 Å². The van der Waals surface area contributed by atoms with E-state index < -0.39 is 23.3 Å². The number of hydrogen-bond acceptors (Lipinski definition) is 0. The lowest BCUT2D eigenvalue weighted by Crippen LogP contribution is -2.18. The van der Waals surface area contributed by atoms with Crippen LogP contribution in [0.25, 0.3) is 17.2 Å². The minimum absolute atomic E-state index is 0.0212. The number of hydrogen-bond donors (Lipinski definition) is 0. The molecular formula is C27H30F4. The van der Waals surface area contributed by atoms with E-state index in [1.807, 2.05) is 6.07 Å². The van der Waals surface area contributed by atoms with Gasteiger partial charge in [0.25, 0.3) is 0 Å². The minimum Gasteiger partial charge on any atom is -0.206 e. The molecule has 0 radical (unpaired) electrons. The van der Waals surface area contributed by atoms with Crippen LogP contribution in [0.1, 0.15) is 75.8 Å². The molecule has 0 aliphatic heterocycles. The predicted molar refractivity (Wildman–Crippen MR) is 118 cm³/mol. The van der Waals surface area contributed by atoms with Crippen LogP contribution in [0.15, 0.2) is 29.8 Å². The molecule has 0 spiro atoms. The van der Waals surface area contributed by atoms with Crippen molar-refractivity contribution in [3.05, 3.63) is 64.2 Å². The van der Waals surface area contributed by atoms with Gasteiger partial charge < -0.3 is 0 Å². The summed E-state index contributed by atoms with van der Waals surface area (Å²) in [5.41, 5.74) is 2.98. The molecule has 0 heterocycles. The Kier molecular flexibility index (Phi) is 6.83. The van der Waals surface area contributed by atoms with Crippen LogP contribution in [-0.4, -0.2) is 0 Å². The lowest BCUT2D eigenvalue weighted by Gasteiger charge is -2.32. The second kappa shape index (κ2) is 9.58. The van der Waals surface area contributed by atoms with Gasteiger partial charge in [0.15, 0.2) is 17.5 Å². The first-order chi connectivity index (χ1) is 15.0. The van der Waals surface area contributed by atoms with E-state index in [0.29, 0.717) is 17.9 Å². The molecule has 2 aliphatic rings.